The molecule has 0 bridgehead atoms. The lowest BCUT2D eigenvalue weighted by Crippen LogP contribution is -2.25. The van der Waals surface area contributed by atoms with Gasteiger partial charge in [0.05, 0.1) is 11.1 Å². The van der Waals surface area contributed by atoms with Gasteiger partial charge in [-0.2, -0.15) is 0 Å². The smallest absolute Gasteiger partial charge is 0.338 e. The number of rotatable bonds is 5. The van der Waals surface area contributed by atoms with Gasteiger partial charge in [-0.05, 0) is 13.8 Å². The number of carbonyl (C=O) groups excluding carboxylic acids is 1. The lowest BCUT2D eigenvalue weighted by Gasteiger charge is -2.09. The molecule has 3 N–H and O–H groups in total. The van der Waals surface area contributed by atoms with Crippen molar-refractivity contribution in [3.8, 4) is 0 Å². The fraction of sp³-hybridized carbons (Fsp3) is 0.417. The summed E-state index contributed by atoms with van der Waals surface area (Å²) in [5, 5.41) is 20.8. The molecular formula is C12H16N2O5. The van der Waals surface area contributed by atoms with E-state index in [9.17, 15) is 14.4 Å². The van der Waals surface area contributed by atoms with Gasteiger partial charge in [0.25, 0.3) is 0 Å². The number of carboxylic acids is 2. The highest BCUT2D eigenvalue weighted by Crippen LogP contribution is 2.22. The Labute approximate surface area is 109 Å². The predicted molar refractivity (Wildman–Crippen MR) is 66.5 cm³/mol. The van der Waals surface area contributed by atoms with Crippen molar-refractivity contribution in [2.75, 3.05) is 6.54 Å². The van der Waals surface area contributed by atoms with Crippen LogP contribution in [0.4, 0.5) is 0 Å². The maximum Gasteiger partial charge on any atom is 0.338 e. The molecule has 0 fully saturated rings. The number of nitrogens with zero attached hydrogens (tertiary/aromatic N) is 1. The molecule has 0 aliphatic heterocycles. The molecular weight excluding hydrogens is 252 g/mol. The standard InChI is InChI=1S/C12H16N2O5/c1-6-9(11(16)17)10(12(18)19)7(2)14(6)5-4-13-8(3)15/h4-5H2,1-3H3,(H,13,15)(H,16,17)(H,18,19). The first-order chi connectivity index (χ1) is 8.77. The molecule has 0 saturated heterocycles. The van der Waals surface area contributed by atoms with Gasteiger partial charge in [-0.25, -0.2) is 9.59 Å². The third kappa shape index (κ3) is 2.93. The Morgan fingerprint density at radius 1 is 1.05 bits per heavy atom. The van der Waals surface area contributed by atoms with Crippen LogP contribution < -0.4 is 5.32 Å². The van der Waals surface area contributed by atoms with E-state index in [2.05, 4.69) is 5.32 Å². The summed E-state index contributed by atoms with van der Waals surface area (Å²) in [5.41, 5.74) is 0.334. The summed E-state index contributed by atoms with van der Waals surface area (Å²) in [6, 6.07) is 0. The first-order valence-electron chi connectivity index (χ1n) is 5.68. The molecule has 0 spiro atoms. The van der Waals surface area contributed by atoms with Crippen molar-refractivity contribution in [3.05, 3.63) is 22.5 Å². The highest BCUT2D eigenvalue weighted by molar-refractivity contribution is 6.03. The van der Waals surface area contributed by atoms with E-state index in [0.29, 0.717) is 24.5 Å². The van der Waals surface area contributed by atoms with Gasteiger partial charge in [-0.15, -0.1) is 0 Å². The molecule has 0 saturated carbocycles. The molecule has 0 unspecified atom stereocenters. The van der Waals surface area contributed by atoms with Gasteiger partial charge in [-0.1, -0.05) is 0 Å². The van der Waals surface area contributed by atoms with Gasteiger partial charge in [0.1, 0.15) is 0 Å². The Balaban J connectivity index is 3.19. The van der Waals surface area contributed by atoms with Crippen LogP contribution in [0.3, 0.4) is 0 Å². The molecule has 0 aliphatic carbocycles. The zero-order valence-electron chi connectivity index (χ0n) is 11.0. The summed E-state index contributed by atoms with van der Waals surface area (Å²) >= 11 is 0. The molecule has 7 nitrogen and oxygen atoms in total. The third-order valence-electron chi connectivity index (χ3n) is 2.92. The van der Waals surface area contributed by atoms with Crippen LogP contribution in [-0.2, 0) is 11.3 Å². The molecule has 1 rings (SSSR count). The average molecular weight is 268 g/mol. The van der Waals surface area contributed by atoms with E-state index < -0.39 is 11.9 Å². The van der Waals surface area contributed by atoms with Crippen LogP contribution in [0.1, 0.15) is 39.0 Å². The van der Waals surface area contributed by atoms with Gasteiger partial charge < -0.3 is 20.1 Å². The molecule has 7 heteroatoms. The normalized spacial score (nSPS) is 10.3. The lowest BCUT2D eigenvalue weighted by atomic mass is 10.1. The highest BCUT2D eigenvalue weighted by atomic mass is 16.4. The van der Waals surface area contributed by atoms with Crippen molar-refractivity contribution in [2.24, 2.45) is 0 Å². The van der Waals surface area contributed by atoms with Crippen molar-refractivity contribution < 1.29 is 24.6 Å². The fourth-order valence-corrected chi connectivity index (χ4v) is 2.09. The number of nitrogens with one attached hydrogen (secondary N) is 1. The molecule has 1 aromatic heterocycles. The zero-order valence-corrected chi connectivity index (χ0v) is 11.0. The summed E-state index contributed by atoms with van der Waals surface area (Å²) < 4.78 is 1.59. The van der Waals surface area contributed by atoms with E-state index in [1.54, 1.807) is 18.4 Å². The SMILES string of the molecule is CC(=O)NCCn1c(C)c(C(=O)O)c(C(=O)O)c1C. The molecule has 0 aliphatic rings. The quantitative estimate of drug-likeness (QED) is 0.726. The van der Waals surface area contributed by atoms with Gasteiger partial charge in [0, 0.05) is 31.4 Å². The summed E-state index contributed by atoms with van der Waals surface area (Å²) in [4.78, 5) is 33.1. The van der Waals surface area contributed by atoms with E-state index in [4.69, 9.17) is 10.2 Å². The number of hydrogen-bond acceptors (Lipinski definition) is 3. The number of aromatic nitrogens is 1. The van der Waals surface area contributed by atoms with Crippen LogP contribution in [0, 0.1) is 13.8 Å². The number of carboxylic acid groups (broad SMARTS) is 2. The summed E-state index contributed by atoms with van der Waals surface area (Å²) in [5.74, 6) is -2.73. The Bertz CT molecular complexity index is 507. The molecule has 1 aromatic rings. The van der Waals surface area contributed by atoms with Crippen LogP contribution in [-0.4, -0.2) is 39.2 Å². The maximum absolute atomic E-state index is 11.1. The molecule has 104 valence electrons. The first kappa shape index (κ1) is 14.7. The van der Waals surface area contributed by atoms with Gasteiger partial charge in [0.15, 0.2) is 0 Å². The molecule has 0 radical (unpaired) electrons. The van der Waals surface area contributed by atoms with E-state index in [-0.39, 0.29) is 17.0 Å². The average Bonchev–Trinajstić information content (AvgIpc) is 2.52. The first-order valence-corrected chi connectivity index (χ1v) is 5.68. The third-order valence-corrected chi connectivity index (χ3v) is 2.92. The Hall–Kier alpha value is -2.31. The van der Waals surface area contributed by atoms with Crippen LogP contribution in [0.25, 0.3) is 0 Å². The van der Waals surface area contributed by atoms with Crippen molar-refractivity contribution in [2.45, 2.75) is 27.3 Å². The summed E-state index contributed by atoms with van der Waals surface area (Å²) in [6.07, 6.45) is 0. The molecule has 1 amide bonds. The molecule has 19 heavy (non-hydrogen) atoms. The van der Waals surface area contributed by atoms with Crippen molar-refractivity contribution >= 4 is 17.8 Å². The van der Waals surface area contributed by atoms with Crippen LogP contribution in [0.15, 0.2) is 0 Å². The van der Waals surface area contributed by atoms with Crippen molar-refractivity contribution in [1.29, 1.82) is 0 Å². The van der Waals surface area contributed by atoms with Crippen LogP contribution in [0.5, 0.6) is 0 Å². The van der Waals surface area contributed by atoms with E-state index >= 15 is 0 Å². The van der Waals surface area contributed by atoms with Crippen LogP contribution >= 0.6 is 0 Å². The second kappa shape index (κ2) is 5.55. The van der Waals surface area contributed by atoms with Crippen LogP contribution in [0.2, 0.25) is 0 Å². The minimum atomic E-state index is -1.27. The summed E-state index contributed by atoms with van der Waals surface area (Å²) in [6.45, 7) is 5.11. The Kier molecular flexibility index (Phi) is 4.31. The van der Waals surface area contributed by atoms with Crippen molar-refractivity contribution in [3.63, 3.8) is 0 Å². The molecule has 1 heterocycles. The Morgan fingerprint density at radius 3 is 1.79 bits per heavy atom. The fourth-order valence-electron chi connectivity index (χ4n) is 2.09. The van der Waals surface area contributed by atoms with Gasteiger partial charge in [0.2, 0.25) is 5.91 Å². The molecule has 0 aromatic carbocycles. The maximum atomic E-state index is 11.1. The highest BCUT2D eigenvalue weighted by Gasteiger charge is 2.26. The minimum Gasteiger partial charge on any atom is -0.478 e. The number of carbonyl (C=O) groups is 3. The predicted octanol–water partition coefficient (Wildman–Crippen LogP) is 0.637. The topological polar surface area (TPSA) is 109 Å². The summed E-state index contributed by atoms with van der Waals surface area (Å²) in [7, 11) is 0. The van der Waals surface area contributed by atoms with E-state index in [0.717, 1.165) is 0 Å². The van der Waals surface area contributed by atoms with Gasteiger partial charge in [-0.3, -0.25) is 4.79 Å². The lowest BCUT2D eigenvalue weighted by molar-refractivity contribution is -0.119. The van der Waals surface area contributed by atoms with Gasteiger partial charge >= 0.3 is 11.9 Å². The minimum absolute atomic E-state index is 0.195. The monoisotopic (exact) mass is 268 g/mol. The zero-order chi connectivity index (χ0) is 14.7. The Morgan fingerprint density at radius 2 is 1.47 bits per heavy atom. The number of amides is 1. The van der Waals surface area contributed by atoms with E-state index in [1.807, 2.05) is 0 Å². The molecule has 0 atom stereocenters. The number of aromatic carboxylic acids is 2. The van der Waals surface area contributed by atoms with E-state index in [1.165, 1.54) is 6.92 Å². The second-order valence-corrected chi connectivity index (χ2v) is 4.17. The largest absolute Gasteiger partial charge is 0.478 e. The number of hydrogen-bond donors (Lipinski definition) is 3. The second-order valence-electron chi connectivity index (χ2n) is 4.17. The van der Waals surface area contributed by atoms with Crippen molar-refractivity contribution in [1.82, 2.24) is 9.88 Å².